The maximum Gasteiger partial charge on any atom is 0.287 e. The molecule has 7 N–H and O–H groups in total. The third-order valence-corrected chi connectivity index (χ3v) is 12.6. The standard InChI is InChI=1S/C41H60N8O9S/c1-22-43-28(21-59-22)36(54)45-27(17-18-30(51)38(56)44-25-15-16-25)35(53)48-33(41(2,3)4)40(58)49-20-26(50)19-29(49)37(55)47-32(24-13-9-6-10-14-24)39(57)46-31(34(42)52)23-11-7-5-8-12-23/h21,23-25,27,29,31-33H,5-20H2,1-4H3,(H2,42,52)(H,44,56)(H,45,54)(H,46,57)(H,47,55)(H,48,53)/t27?,29-,31?,32?,33?/m0/s1. The van der Waals surface area contributed by atoms with Crippen LogP contribution < -0.4 is 32.3 Å². The van der Waals surface area contributed by atoms with Crippen LogP contribution in [0.2, 0.25) is 0 Å². The zero-order chi connectivity index (χ0) is 43.0. The number of likely N-dealkylation sites (tertiary alicyclic amines) is 1. The summed E-state index contributed by atoms with van der Waals surface area (Å²) in [6, 6.07) is -5.99. The summed E-state index contributed by atoms with van der Waals surface area (Å²) in [5, 5.41) is 15.8. The first-order valence-electron chi connectivity index (χ1n) is 21.0. The van der Waals surface area contributed by atoms with Crippen LogP contribution in [-0.2, 0) is 38.4 Å². The van der Waals surface area contributed by atoms with E-state index < -0.39 is 95.1 Å². The minimum atomic E-state index is -1.37. The second-order valence-corrected chi connectivity index (χ2v) is 18.8. The Morgan fingerprint density at radius 3 is 1.98 bits per heavy atom. The Morgan fingerprint density at radius 1 is 0.831 bits per heavy atom. The van der Waals surface area contributed by atoms with E-state index in [0.29, 0.717) is 17.8 Å². The van der Waals surface area contributed by atoms with Crippen molar-refractivity contribution in [3.05, 3.63) is 16.1 Å². The number of nitrogens with two attached hydrogens (primary N) is 1. The Kier molecular flexibility index (Phi) is 15.4. The lowest BCUT2D eigenvalue weighted by molar-refractivity contribution is -0.145. The van der Waals surface area contributed by atoms with Crippen LogP contribution in [0.4, 0.5) is 0 Å². The number of amides is 7. The third kappa shape index (κ3) is 12.4. The fourth-order valence-electron chi connectivity index (χ4n) is 8.31. The molecule has 3 saturated carbocycles. The molecule has 5 atom stereocenters. The minimum absolute atomic E-state index is 0.0512. The molecule has 3 aliphatic carbocycles. The molecule has 1 saturated heterocycles. The van der Waals surface area contributed by atoms with E-state index in [1.165, 1.54) is 16.7 Å². The molecule has 1 aliphatic heterocycles. The van der Waals surface area contributed by atoms with Gasteiger partial charge in [-0.15, -0.1) is 11.3 Å². The first kappa shape index (κ1) is 45.3. The number of aromatic nitrogens is 1. The molecule has 0 spiro atoms. The normalized spacial score (nSPS) is 21.1. The zero-order valence-corrected chi connectivity index (χ0v) is 35.4. The SMILES string of the molecule is Cc1nc(C(=O)NC(CCC(=O)C(=O)NC2CC2)C(=O)NC(C(=O)N2CC(=O)C[C@H]2C(=O)NC(C(=O)NC(C(N)=O)C2CCCCC2)C2CCCCC2)C(C)(C)C)cs1. The number of primary amides is 1. The van der Waals surface area contributed by atoms with Crippen LogP contribution >= 0.6 is 11.3 Å². The van der Waals surface area contributed by atoms with E-state index in [0.717, 1.165) is 69.1 Å². The number of nitrogens with zero attached hydrogens (tertiary/aromatic N) is 2. The van der Waals surface area contributed by atoms with Gasteiger partial charge in [0.2, 0.25) is 35.3 Å². The molecular weight excluding hydrogens is 781 g/mol. The van der Waals surface area contributed by atoms with E-state index in [1.54, 1.807) is 27.7 Å². The van der Waals surface area contributed by atoms with Crippen LogP contribution in [0.5, 0.6) is 0 Å². The van der Waals surface area contributed by atoms with Crippen LogP contribution in [0.15, 0.2) is 5.38 Å². The highest BCUT2D eigenvalue weighted by molar-refractivity contribution is 7.09. The number of carbonyl (C=O) groups is 9. The zero-order valence-electron chi connectivity index (χ0n) is 34.6. The van der Waals surface area contributed by atoms with E-state index in [1.807, 2.05) is 0 Å². The molecule has 4 fully saturated rings. The molecule has 4 aliphatic rings. The van der Waals surface area contributed by atoms with Crippen LogP contribution in [0, 0.1) is 24.2 Å². The van der Waals surface area contributed by atoms with Gasteiger partial charge in [-0.3, -0.25) is 43.2 Å². The molecule has 1 aromatic heterocycles. The Bertz CT molecular complexity index is 1780. The highest BCUT2D eigenvalue weighted by Gasteiger charge is 2.46. The number of aryl methyl sites for hydroxylation is 1. The van der Waals surface area contributed by atoms with Gasteiger partial charge in [-0.05, 0) is 69.1 Å². The van der Waals surface area contributed by atoms with Crippen LogP contribution in [0.1, 0.15) is 133 Å². The van der Waals surface area contributed by atoms with Crippen molar-refractivity contribution in [3.8, 4) is 0 Å². The summed E-state index contributed by atoms with van der Waals surface area (Å²) < 4.78 is 0. The monoisotopic (exact) mass is 840 g/mol. The van der Waals surface area contributed by atoms with Crippen molar-refractivity contribution in [2.45, 2.75) is 160 Å². The van der Waals surface area contributed by atoms with Gasteiger partial charge in [0.25, 0.3) is 11.8 Å². The lowest BCUT2D eigenvalue weighted by Gasteiger charge is -2.37. The predicted molar refractivity (Wildman–Crippen MR) is 216 cm³/mol. The molecule has 7 amide bonds. The molecule has 0 aromatic carbocycles. The van der Waals surface area contributed by atoms with Gasteiger partial charge < -0.3 is 37.2 Å². The summed E-state index contributed by atoms with van der Waals surface area (Å²) in [5.41, 5.74) is 4.84. The summed E-state index contributed by atoms with van der Waals surface area (Å²) in [6.07, 6.45) is 8.94. The number of carbonyl (C=O) groups excluding carboxylic acids is 9. The van der Waals surface area contributed by atoms with Gasteiger partial charge in [-0.25, -0.2) is 4.98 Å². The minimum Gasteiger partial charge on any atom is -0.368 e. The second kappa shape index (κ2) is 20.0. The lowest BCUT2D eigenvalue weighted by Crippen LogP contribution is -2.62. The fourth-order valence-corrected chi connectivity index (χ4v) is 8.90. The second-order valence-electron chi connectivity index (χ2n) is 17.7. The van der Waals surface area contributed by atoms with E-state index in [-0.39, 0.29) is 42.8 Å². The van der Waals surface area contributed by atoms with Crippen molar-refractivity contribution in [1.82, 2.24) is 36.5 Å². The topological polar surface area (TPSA) is 256 Å². The Balaban J connectivity index is 1.33. The summed E-state index contributed by atoms with van der Waals surface area (Å²) in [5.74, 6) is -6.44. The largest absolute Gasteiger partial charge is 0.368 e. The van der Waals surface area contributed by atoms with Crippen molar-refractivity contribution in [2.75, 3.05) is 6.54 Å². The van der Waals surface area contributed by atoms with E-state index >= 15 is 0 Å². The van der Waals surface area contributed by atoms with Gasteiger partial charge in [0.15, 0.2) is 5.78 Å². The van der Waals surface area contributed by atoms with E-state index in [9.17, 15) is 43.2 Å². The molecule has 18 heteroatoms. The molecule has 0 bridgehead atoms. The molecule has 324 valence electrons. The Hall–Kier alpha value is -4.74. The van der Waals surface area contributed by atoms with Gasteiger partial charge in [0, 0.05) is 24.3 Å². The lowest BCUT2D eigenvalue weighted by atomic mass is 9.81. The number of rotatable bonds is 17. The number of Topliss-reactive ketones (excluding diaryl/α,β-unsaturated/α-hetero) is 2. The molecule has 2 heterocycles. The molecule has 5 rings (SSSR count). The van der Waals surface area contributed by atoms with Crippen molar-refractivity contribution in [2.24, 2.45) is 23.0 Å². The smallest absolute Gasteiger partial charge is 0.287 e. The molecule has 4 unspecified atom stereocenters. The van der Waals surface area contributed by atoms with E-state index in [4.69, 9.17) is 5.73 Å². The molecular formula is C41H60N8O9S. The summed E-state index contributed by atoms with van der Waals surface area (Å²) in [7, 11) is 0. The Morgan fingerprint density at radius 2 is 1.44 bits per heavy atom. The molecule has 59 heavy (non-hydrogen) atoms. The van der Waals surface area contributed by atoms with Gasteiger partial charge in [-0.2, -0.15) is 0 Å². The van der Waals surface area contributed by atoms with Crippen molar-refractivity contribution in [1.29, 1.82) is 0 Å². The van der Waals surface area contributed by atoms with Crippen molar-refractivity contribution < 1.29 is 43.2 Å². The molecule has 0 radical (unpaired) electrons. The molecule has 1 aromatic rings. The van der Waals surface area contributed by atoms with Gasteiger partial charge in [0.1, 0.15) is 35.9 Å². The van der Waals surface area contributed by atoms with Crippen LogP contribution in [0.3, 0.4) is 0 Å². The summed E-state index contributed by atoms with van der Waals surface area (Å²) >= 11 is 1.23. The van der Waals surface area contributed by atoms with Gasteiger partial charge in [-0.1, -0.05) is 59.3 Å². The number of nitrogens with one attached hydrogen (secondary N) is 5. The third-order valence-electron chi connectivity index (χ3n) is 11.9. The van der Waals surface area contributed by atoms with Crippen molar-refractivity contribution in [3.63, 3.8) is 0 Å². The fraction of sp³-hybridized carbons (Fsp3) is 0.707. The Labute approximate surface area is 348 Å². The number of hydrogen-bond donors (Lipinski definition) is 6. The maximum absolute atomic E-state index is 14.5. The number of thiazole rings is 1. The number of hydrogen-bond acceptors (Lipinski definition) is 11. The summed E-state index contributed by atoms with van der Waals surface area (Å²) in [4.78, 5) is 126. The van der Waals surface area contributed by atoms with Crippen LogP contribution in [-0.4, -0.2) is 106 Å². The first-order valence-corrected chi connectivity index (χ1v) is 21.9. The first-order chi connectivity index (χ1) is 27.9. The average molecular weight is 841 g/mol. The number of ketones is 2. The maximum atomic E-state index is 14.5. The highest BCUT2D eigenvalue weighted by atomic mass is 32.1. The predicted octanol–water partition coefficient (Wildman–Crippen LogP) is 1.49. The van der Waals surface area contributed by atoms with Crippen molar-refractivity contribution >= 4 is 64.3 Å². The molecule has 17 nitrogen and oxygen atoms in total. The van der Waals surface area contributed by atoms with Gasteiger partial charge in [0.05, 0.1) is 11.6 Å². The van der Waals surface area contributed by atoms with E-state index in [2.05, 4.69) is 31.6 Å². The summed E-state index contributed by atoms with van der Waals surface area (Å²) in [6.45, 7) is 6.35. The quantitative estimate of drug-likeness (QED) is 0.123. The highest BCUT2D eigenvalue weighted by Crippen LogP contribution is 2.30. The van der Waals surface area contributed by atoms with Gasteiger partial charge >= 0.3 is 0 Å². The average Bonchev–Trinajstić information content (AvgIpc) is 3.76. The van der Waals surface area contributed by atoms with Crippen LogP contribution in [0.25, 0.3) is 0 Å².